The first-order valence-corrected chi connectivity index (χ1v) is 6.50. The summed E-state index contributed by atoms with van der Waals surface area (Å²) in [6.07, 6.45) is 2.01. The SMILES string of the molecule is O=C1CCCC2=C1C(c1ccc(Cl)cc1)/C(=N/O)O2. The van der Waals surface area contributed by atoms with Gasteiger partial charge in [-0.05, 0) is 24.1 Å². The number of hydrogen-bond acceptors (Lipinski definition) is 4. The van der Waals surface area contributed by atoms with Crippen LogP contribution in [0.4, 0.5) is 0 Å². The van der Waals surface area contributed by atoms with Gasteiger partial charge < -0.3 is 9.94 Å². The fraction of sp³-hybridized carbons (Fsp3) is 0.286. The third-order valence-corrected chi connectivity index (χ3v) is 3.73. The van der Waals surface area contributed by atoms with Gasteiger partial charge in [0.2, 0.25) is 5.90 Å². The van der Waals surface area contributed by atoms with E-state index in [0.29, 0.717) is 29.2 Å². The molecule has 1 aliphatic heterocycles. The highest BCUT2D eigenvalue weighted by Gasteiger charge is 2.40. The molecule has 0 amide bonds. The largest absolute Gasteiger partial charge is 0.443 e. The first-order chi connectivity index (χ1) is 9.20. The van der Waals surface area contributed by atoms with Crippen LogP contribution in [-0.2, 0) is 9.53 Å². The van der Waals surface area contributed by atoms with Crippen LogP contribution >= 0.6 is 11.6 Å². The predicted octanol–water partition coefficient (Wildman–Crippen LogP) is 3.25. The molecule has 0 aromatic heterocycles. The standard InChI is InChI=1S/C14H12ClNO3/c15-9-6-4-8(5-7-9)12-13-10(17)2-1-3-11(13)19-14(12)16-18/h4-7,12,18H,1-3H2/b16-14-. The van der Waals surface area contributed by atoms with Crippen molar-refractivity contribution in [2.45, 2.75) is 25.2 Å². The van der Waals surface area contributed by atoms with Gasteiger partial charge >= 0.3 is 0 Å². The number of Topliss-reactive ketones (excluding diaryl/α,β-unsaturated/α-hetero) is 1. The van der Waals surface area contributed by atoms with E-state index >= 15 is 0 Å². The van der Waals surface area contributed by atoms with Gasteiger partial charge in [0, 0.05) is 17.9 Å². The zero-order valence-corrected chi connectivity index (χ0v) is 10.9. The molecule has 1 aromatic carbocycles. The van der Waals surface area contributed by atoms with Crippen LogP contribution in [0.5, 0.6) is 0 Å². The Kier molecular flexibility index (Phi) is 3.03. The van der Waals surface area contributed by atoms with Gasteiger partial charge in [-0.15, -0.1) is 0 Å². The van der Waals surface area contributed by atoms with Gasteiger partial charge in [0.15, 0.2) is 5.78 Å². The number of allylic oxidation sites excluding steroid dienone is 1. The van der Waals surface area contributed by atoms with E-state index in [0.717, 1.165) is 12.0 Å². The van der Waals surface area contributed by atoms with Crippen LogP contribution in [0.15, 0.2) is 40.8 Å². The van der Waals surface area contributed by atoms with E-state index < -0.39 is 5.92 Å². The Morgan fingerprint density at radius 1 is 1.26 bits per heavy atom. The summed E-state index contributed by atoms with van der Waals surface area (Å²) in [7, 11) is 0. The molecule has 4 nitrogen and oxygen atoms in total. The normalized spacial score (nSPS) is 24.6. The smallest absolute Gasteiger partial charge is 0.242 e. The van der Waals surface area contributed by atoms with Crippen LogP contribution in [0.2, 0.25) is 5.02 Å². The minimum absolute atomic E-state index is 0.0693. The molecule has 0 fully saturated rings. The van der Waals surface area contributed by atoms with E-state index in [2.05, 4.69) is 5.16 Å². The van der Waals surface area contributed by atoms with Crippen LogP contribution in [0.25, 0.3) is 0 Å². The zero-order valence-electron chi connectivity index (χ0n) is 10.1. The fourth-order valence-corrected chi connectivity index (χ4v) is 2.74. The van der Waals surface area contributed by atoms with E-state index in [1.165, 1.54) is 0 Å². The molecule has 1 atom stereocenters. The maximum absolute atomic E-state index is 12.1. The number of nitrogens with zero attached hydrogens (tertiary/aromatic N) is 1. The van der Waals surface area contributed by atoms with Gasteiger partial charge in [-0.1, -0.05) is 28.9 Å². The maximum atomic E-state index is 12.1. The molecule has 2 aliphatic rings. The lowest BCUT2D eigenvalue weighted by atomic mass is 9.84. The Labute approximate surface area is 115 Å². The van der Waals surface area contributed by atoms with Gasteiger partial charge in [-0.3, -0.25) is 4.79 Å². The van der Waals surface area contributed by atoms with E-state index in [4.69, 9.17) is 21.5 Å². The summed E-state index contributed by atoms with van der Waals surface area (Å²) in [5, 5.41) is 12.9. The number of ketones is 1. The number of carbonyl (C=O) groups is 1. The van der Waals surface area contributed by atoms with Crippen molar-refractivity contribution < 1.29 is 14.7 Å². The summed E-state index contributed by atoms with van der Waals surface area (Å²) >= 11 is 5.86. The molecule has 1 unspecified atom stereocenters. The zero-order chi connectivity index (χ0) is 13.4. The molecule has 1 aliphatic carbocycles. The molecule has 0 spiro atoms. The number of benzene rings is 1. The molecule has 1 N–H and O–H groups in total. The summed E-state index contributed by atoms with van der Waals surface area (Å²) in [5.41, 5.74) is 1.47. The van der Waals surface area contributed by atoms with Crippen LogP contribution in [0.1, 0.15) is 30.7 Å². The summed E-state index contributed by atoms with van der Waals surface area (Å²) < 4.78 is 5.51. The van der Waals surface area contributed by atoms with E-state index in [9.17, 15) is 4.79 Å². The molecule has 1 heterocycles. The molecular formula is C14H12ClNO3. The van der Waals surface area contributed by atoms with Gasteiger partial charge in [-0.25, -0.2) is 0 Å². The van der Waals surface area contributed by atoms with Gasteiger partial charge in [0.05, 0.1) is 11.5 Å². The molecule has 1 aromatic rings. The molecular weight excluding hydrogens is 266 g/mol. The lowest BCUT2D eigenvalue weighted by Crippen LogP contribution is -2.16. The number of halogens is 1. The molecule has 0 saturated heterocycles. The third kappa shape index (κ3) is 2.02. The first kappa shape index (κ1) is 12.2. The Morgan fingerprint density at radius 3 is 2.68 bits per heavy atom. The Morgan fingerprint density at radius 2 is 2.00 bits per heavy atom. The van der Waals surface area contributed by atoms with Crippen LogP contribution in [0, 0.1) is 0 Å². The second kappa shape index (κ2) is 4.70. The maximum Gasteiger partial charge on any atom is 0.242 e. The summed E-state index contributed by atoms with van der Waals surface area (Å²) in [5.74, 6) is 0.469. The number of oxime groups is 1. The average Bonchev–Trinajstić information content (AvgIpc) is 2.80. The van der Waals surface area contributed by atoms with Crippen LogP contribution < -0.4 is 0 Å². The molecule has 98 valence electrons. The van der Waals surface area contributed by atoms with Crippen molar-refractivity contribution in [2.75, 3.05) is 0 Å². The molecule has 3 rings (SSSR count). The van der Waals surface area contributed by atoms with Crippen molar-refractivity contribution >= 4 is 23.3 Å². The number of ether oxygens (including phenoxy) is 1. The van der Waals surface area contributed by atoms with Crippen molar-refractivity contribution in [1.29, 1.82) is 0 Å². The quantitative estimate of drug-likeness (QED) is 0.633. The van der Waals surface area contributed by atoms with Gasteiger partial charge in [-0.2, -0.15) is 0 Å². The van der Waals surface area contributed by atoms with Crippen molar-refractivity contribution in [3.05, 3.63) is 46.2 Å². The summed E-state index contributed by atoms with van der Waals surface area (Å²) in [6, 6.07) is 7.13. The number of rotatable bonds is 1. The van der Waals surface area contributed by atoms with Gasteiger partial charge in [0.1, 0.15) is 5.76 Å². The minimum Gasteiger partial charge on any atom is -0.443 e. The van der Waals surface area contributed by atoms with E-state index in [1.54, 1.807) is 12.1 Å². The summed E-state index contributed by atoms with van der Waals surface area (Å²) in [6.45, 7) is 0. The number of hydrogen-bond donors (Lipinski definition) is 1. The third-order valence-electron chi connectivity index (χ3n) is 3.47. The molecule has 0 radical (unpaired) electrons. The van der Waals surface area contributed by atoms with E-state index in [-0.39, 0.29) is 11.7 Å². The Balaban J connectivity index is 2.08. The second-order valence-electron chi connectivity index (χ2n) is 4.64. The summed E-state index contributed by atoms with van der Waals surface area (Å²) in [4.78, 5) is 12.1. The highest BCUT2D eigenvalue weighted by molar-refractivity contribution is 6.30. The second-order valence-corrected chi connectivity index (χ2v) is 5.07. The molecule has 19 heavy (non-hydrogen) atoms. The molecule has 0 saturated carbocycles. The first-order valence-electron chi connectivity index (χ1n) is 6.12. The van der Waals surface area contributed by atoms with Crippen molar-refractivity contribution in [3.8, 4) is 0 Å². The van der Waals surface area contributed by atoms with Crippen molar-refractivity contribution in [2.24, 2.45) is 5.16 Å². The fourth-order valence-electron chi connectivity index (χ4n) is 2.61. The highest BCUT2D eigenvalue weighted by atomic mass is 35.5. The van der Waals surface area contributed by atoms with E-state index in [1.807, 2.05) is 12.1 Å². The minimum atomic E-state index is -0.412. The topological polar surface area (TPSA) is 58.9 Å². The monoisotopic (exact) mass is 277 g/mol. The van der Waals surface area contributed by atoms with Crippen LogP contribution in [0.3, 0.4) is 0 Å². The number of carbonyl (C=O) groups excluding carboxylic acids is 1. The van der Waals surface area contributed by atoms with Crippen molar-refractivity contribution in [1.82, 2.24) is 0 Å². The lowest BCUT2D eigenvalue weighted by Gasteiger charge is -2.14. The highest BCUT2D eigenvalue weighted by Crippen LogP contribution is 2.41. The average molecular weight is 278 g/mol. The molecule has 5 heteroatoms. The molecule has 0 bridgehead atoms. The Hall–Kier alpha value is -1.81. The van der Waals surface area contributed by atoms with Gasteiger partial charge in [0.25, 0.3) is 0 Å². The van der Waals surface area contributed by atoms with Crippen molar-refractivity contribution in [3.63, 3.8) is 0 Å². The van der Waals surface area contributed by atoms with Crippen LogP contribution in [-0.4, -0.2) is 16.9 Å². The Bertz CT molecular complexity index is 589. The lowest BCUT2D eigenvalue weighted by molar-refractivity contribution is -0.116. The predicted molar refractivity (Wildman–Crippen MR) is 70.4 cm³/mol.